The summed E-state index contributed by atoms with van der Waals surface area (Å²) in [5.74, 6) is -0.626. The molecule has 1 aromatic carbocycles. The molecule has 0 radical (unpaired) electrons. The molecule has 1 aromatic rings. The van der Waals surface area contributed by atoms with Gasteiger partial charge in [-0.25, -0.2) is 13.2 Å². The first-order valence-electron chi connectivity index (χ1n) is 5.04. The summed E-state index contributed by atoms with van der Waals surface area (Å²) in [6, 6.07) is 4.19. The van der Waals surface area contributed by atoms with Gasteiger partial charge in [-0.3, -0.25) is 5.43 Å². The Kier molecular flexibility index (Phi) is 4.81. The van der Waals surface area contributed by atoms with E-state index >= 15 is 0 Å². The van der Waals surface area contributed by atoms with E-state index in [9.17, 15) is 13.2 Å². The third-order valence-corrected chi connectivity index (χ3v) is 3.70. The number of sulfonamides is 1. The molecule has 9 heteroatoms. The molecule has 0 saturated carbocycles. The van der Waals surface area contributed by atoms with Gasteiger partial charge in [0.25, 0.3) is 10.0 Å². The van der Waals surface area contributed by atoms with Crippen LogP contribution in [-0.2, 0) is 14.8 Å². The van der Waals surface area contributed by atoms with E-state index in [1.165, 1.54) is 25.3 Å². The zero-order valence-corrected chi connectivity index (χ0v) is 11.9. The Hall–Kier alpha value is -1.71. The van der Waals surface area contributed by atoms with Crippen molar-refractivity contribution in [3.63, 3.8) is 0 Å². The number of methoxy groups -OCH3 is 1. The molecule has 0 saturated heterocycles. The number of rotatable bonds is 4. The molecular weight excluding hydrogens is 290 g/mol. The predicted molar refractivity (Wildman–Crippen MR) is 72.8 cm³/mol. The molecule has 7 nitrogen and oxygen atoms in total. The number of nitrogens with one attached hydrogen (secondary N) is 2. The van der Waals surface area contributed by atoms with Crippen LogP contribution in [-0.4, -0.2) is 26.6 Å². The van der Waals surface area contributed by atoms with E-state index in [1.807, 2.05) is 4.83 Å². The van der Waals surface area contributed by atoms with E-state index in [2.05, 4.69) is 22.4 Å². The van der Waals surface area contributed by atoms with Gasteiger partial charge < -0.3 is 10.5 Å². The standard InChI is InChI=1S/C10H13N3O4S2/c1-6-3-4-7(9(14)17-2)5-8(6)19(15,16)13-12-10(11)18/h3-5,13H,1-2H3,(H3,11,12,18). The van der Waals surface area contributed by atoms with Crippen molar-refractivity contribution in [3.05, 3.63) is 29.3 Å². The number of benzene rings is 1. The number of carbonyl (C=O) groups is 1. The number of hydrazine groups is 1. The monoisotopic (exact) mass is 303 g/mol. The SMILES string of the molecule is COC(=O)c1ccc(C)c(S(=O)(=O)NNC(N)=S)c1. The lowest BCUT2D eigenvalue weighted by atomic mass is 10.1. The van der Waals surface area contributed by atoms with E-state index in [1.54, 1.807) is 6.92 Å². The Balaban J connectivity index is 3.18. The molecule has 0 aliphatic carbocycles. The van der Waals surface area contributed by atoms with Crippen molar-refractivity contribution < 1.29 is 17.9 Å². The summed E-state index contributed by atoms with van der Waals surface area (Å²) in [4.78, 5) is 13.3. The zero-order chi connectivity index (χ0) is 14.6. The molecule has 0 heterocycles. The van der Waals surface area contributed by atoms with Gasteiger partial charge in [0.15, 0.2) is 5.11 Å². The highest BCUT2D eigenvalue weighted by Gasteiger charge is 2.19. The lowest BCUT2D eigenvalue weighted by Gasteiger charge is -2.11. The van der Waals surface area contributed by atoms with E-state index < -0.39 is 16.0 Å². The van der Waals surface area contributed by atoms with Crippen molar-refractivity contribution >= 4 is 33.3 Å². The number of carbonyl (C=O) groups excluding carboxylic acids is 1. The van der Waals surface area contributed by atoms with Gasteiger partial charge in [-0.2, -0.15) is 0 Å². The topological polar surface area (TPSA) is 111 Å². The van der Waals surface area contributed by atoms with Crippen LogP contribution in [0.2, 0.25) is 0 Å². The maximum atomic E-state index is 12.0. The Morgan fingerprint density at radius 1 is 1.42 bits per heavy atom. The smallest absolute Gasteiger partial charge is 0.337 e. The molecule has 0 aromatic heterocycles. The molecule has 0 bridgehead atoms. The maximum absolute atomic E-state index is 12.0. The molecule has 0 aliphatic rings. The van der Waals surface area contributed by atoms with E-state index in [0.29, 0.717) is 5.56 Å². The highest BCUT2D eigenvalue weighted by Crippen LogP contribution is 2.17. The van der Waals surface area contributed by atoms with Crippen LogP contribution in [0.25, 0.3) is 0 Å². The van der Waals surface area contributed by atoms with Gasteiger partial charge in [-0.1, -0.05) is 6.07 Å². The lowest BCUT2D eigenvalue weighted by molar-refractivity contribution is 0.0600. The first kappa shape index (κ1) is 15.3. The van der Waals surface area contributed by atoms with Crippen molar-refractivity contribution in [1.82, 2.24) is 10.3 Å². The van der Waals surface area contributed by atoms with E-state index in [0.717, 1.165) is 0 Å². The molecule has 4 N–H and O–H groups in total. The van der Waals surface area contributed by atoms with Crippen LogP contribution in [0.5, 0.6) is 0 Å². The summed E-state index contributed by atoms with van der Waals surface area (Å²) >= 11 is 4.50. The third kappa shape index (κ3) is 3.88. The Bertz CT molecular complexity index is 613. The van der Waals surface area contributed by atoms with E-state index in [4.69, 9.17) is 5.73 Å². The minimum absolute atomic E-state index is 0.0702. The van der Waals surface area contributed by atoms with Gasteiger partial charge in [-0.05, 0) is 36.8 Å². The average Bonchev–Trinajstić information content (AvgIpc) is 2.36. The number of aryl methyl sites for hydroxylation is 1. The van der Waals surface area contributed by atoms with Crippen LogP contribution in [0.1, 0.15) is 15.9 Å². The first-order valence-corrected chi connectivity index (χ1v) is 6.93. The number of nitrogens with two attached hydrogens (primary N) is 1. The molecule has 0 aliphatic heterocycles. The normalized spacial score (nSPS) is 10.8. The number of ether oxygens (including phenoxy) is 1. The molecule has 0 fully saturated rings. The summed E-state index contributed by atoms with van der Waals surface area (Å²) in [5.41, 5.74) is 7.86. The van der Waals surface area contributed by atoms with Gasteiger partial charge in [-0.15, -0.1) is 4.83 Å². The predicted octanol–water partition coefficient (Wildman–Crippen LogP) is -0.192. The highest BCUT2D eigenvalue weighted by atomic mass is 32.2. The number of esters is 1. The largest absolute Gasteiger partial charge is 0.465 e. The first-order chi connectivity index (χ1) is 8.77. The Morgan fingerprint density at radius 3 is 2.58 bits per heavy atom. The van der Waals surface area contributed by atoms with Crippen molar-refractivity contribution in [1.29, 1.82) is 0 Å². The molecule has 0 unspecified atom stereocenters. The molecule has 104 valence electrons. The second kappa shape index (κ2) is 5.95. The maximum Gasteiger partial charge on any atom is 0.337 e. The van der Waals surface area contributed by atoms with Crippen LogP contribution in [0.15, 0.2) is 23.1 Å². The van der Waals surface area contributed by atoms with Gasteiger partial charge in [0.2, 0.25) is 0 Å². The van der Waals surface area contributed by atoms with Crippen molar-refractivity contribution in [2.24, 2.45) is 5.73 Å². The fraction of sp³-hybridized carbons (Fsp3) is 0.200. The van der Waals surface area contributed by atoms with Crippen LogP contribution < -0.4 is 16.0 Å². The van der Waals surface area contributed by atoms with Gasteiger partial charge in [0.1, 0.15) is 0 Å². The van der Waals surface area contributed by atoms with Crippen molar-refractivity contribution in [2.75, 3.05) is 7.11 Å². The Morgan fingerprint density at radius 2 is 2.05 bits per heavy atom. The van der Waals surface area contributed by atoms with Gasteiger partial charge >= 0.3 is 5.97 Å². The van der Waals surface area contributed by atoms with Crippen LogP contribution >= 0.6 is 12.2 Å². The van der Waals surface area contributed by atoms with Crippen LogP contribution in [0.3, 0.4) is 0 Å². The molecule has 19 heavy (non-hydrogen) atoms. The Labute approximate surface area is 116 Å². The fourth-order valence-electron chi connectivity index (χ4n) is 1.31. The summed E-state index contributed by atoms with van der Waals surface area (Å²) in [5, 5.41) is -0.217. The molecule has 1 rings (SSSR count). The average molecular weight is 303 g/mol. The summed E-state index contributed by atoms with van der Waals surface area (Å²) in [7, 11) is -2.68. The lowest BCUT2D eigenvalue weighted by Crippen LogP contribution is -2.44. The fourth-order valence-corrected chi connectivity index (χ4v) is 2.55. The summed E-state index contributed by atoms with van der Waals surface area (Å²) < 4.78 is 28.5. The minimum atomic E-state index is -3.89. The molecule has 0 atom stereocenters. The van der Waals surface area contributed by atoms with E-state index in [-0.39, 0.29) is 15.6 Å². The number of hydrogen-bond acceptors (Lipinski definition) is 5. The second-order valence-corrected chi connectivity index (χ2v) is 5.66. The van der Waals surface area contributed by atoms with Gasteiger partial charge in [0, 0.05) is 0 Å². The van der Waals surface area contributed by atoms with Crippen LogP contribution in [0.4, 0.5) is 0 Å². The zero-order valence-electron chi connectivity index (χ0n) is 10.3. The van der Waals surface area contributed by atoms with Gasteiger partial charge in [0.05, 0.1) is 17.6 Å². The second-order valence-electron chi connectivity index (χ2n) is 3.57. The van der Waals surface area contributed by atoms with Crippen molar-refractivity contribution in [3.8, 4) is 0 Å². The van der Waals surface area contributed by atoms with Crippen molar-refractivity contribution in [2.45, 2.75) is 11.8 Å². The molecular formula is C10H13N3O4S2. The quantitative estimate of drug-likeness (QED) is 0.401. The molecule has 0 spiro atoms. The molecule has 0 amide bonds. The summed E-state index contributed by atoms with van der Waals surface area (Å²) in [6.45, 7) is 1.59. The highest BCUT2D eigenvalue weighted by molar-refractivity contribution is 7.89. The number of hydrogen-bond donors (Lipinski definition) is 3. The van der Waals surface area contributed by atoms with Crippen LogP contribution in [0, 0.1) is 6.92 Å². The number of thiocarbonyl (C=S) groups is 1. The third-order valence-electron chi connectivity index (χ3n) is 2.21. The minimum Gasteiger partial charge on any atom is -0.465 e. The summed E-state index contributed by atoms with van der Waals surface area (Å²) in [6.07, 6.45) is 0.